The van der Waals surface area contributed by atoms with Crippen LogP contribution in [0.4, 0.5) is 0 Å². The average Bonchev–Trinajstić information content (AvgIpc) is 2.14. The molecular weight excluding hydrogens is 190 g/mol. The summed E-state index contributed by atoms with van der Waals surface area (Å²) in [5.74, 6) is 0. The first-order valence-corrected chi connectivity index (χ1v) is 5.83. The van der Waals surface area contributed by atoms with Crippen molar-refractivity contribution in [2.45, 2.75) is 33.6 Å². The summed E-state index contributed by atoms with van der Waals surface area (Å²) in [7, 11) is 1.72. The van der Waals surface area contributed by atoms with E-state index in [4.69, 9.17) is 9.47 Å². The van der Waals surface area contributed by atoms with Crippen LogP contribution in [0.15, 0.2) is 0 Å². The fourth-order valence-corrected chi connectivity index (χ4v) is 1.08. The molecule has 0 rings (SSSR count). The Kier molecular flexibility index (Phi) is 9.06. The fourth-order valence-electron chi connectivity index (χ4n) is 1.08. The highest BCUT2D eigenvalue weighted by molar-refractivity contribution is 4.59. The predicted molar refractivity (Wildman–Crippen MR) is 64.3 cm³/mol. The van der Waals surface area contributed by atoms with Gasteiger partial charge in [0.15, 0.2) is 0 Å². The maximum atomic E-state index is 5.54. The lowest BCUT2D eigenvalue weighted by Crippen LogP contribution is -2.21. The maximum Gasteiger partial charge on any atom is 0.0587 e. The number of rotatable bonds is 9. The summed E-state index contributed by atoms with van der Waals surface area (Å²) in [6, 6.07) is 0. The van der Waals surface area contributed by atoms with Gasteiger partial charge in [-0.1, -0.05) is 20.8 Å². The summed E-state index contributed by atoms with van der Waals surface area (Å²) in [5.41, 5.74) is 0.386. The van der Waals surface area contributed by atoms with E-state index >= 15 is 0 Å². The van der Waals surface area contributed by atoms with Crippen molar-refractivity contribution in [2.24, 2.45) is 5.41 Å². The number of ether oxygens (including phenoxy) is 2. The summed E-state index contributed by atoms with van der Waals surface area (Å²) in [5, 5.41) is 3.29. The Labute approximate surface area is 94.5 Å². The molecule has 0 aliphatic carbocycles. The zero-order valence-corrected chi connectivity index (χ0v) is 10.8. The molecular formula is C12H27NO2. The molecule has 15 heavy (non-hydrogen) atoms. The molecule has 0 bridgehead atoms. The Bertz CT molecular complexity index is 132. The molecule has 3 heteroatoms. The van der Waals surface area contributed by atoms with E-state index in [0.717, 1.165) is 45.8 Å². The van der Waals surface area contributed by atoms with Crippen molar-refractivity contribution in [1.29, 1.82) is 0 Å². The molecule has 1 N–H and O–H groups in total. The third-order valence-corrected chi connectivity index (χ3v) is 2.12. The van der Waals surface area contributed by atoms with Crippen LogP contribution in [0.3, 0.4) is 0 Å². The SMILES string of the molecule is COCCNCCCOCCC(C)(C)C. The van der Waals surface area contributed by atoms with Crippen LogP contribution in [-0.2, 0) is 9.47 Å². The zero-order valence-electron chi connectivity index (χ0n) is 10.8. The lowest BCUT2D eigenvalue weighted by molar-refractivity contribution is 0.106. The van der Waals surface area contributed by atoms with Crippen molar-refractivity contribution in [3.05, 3.63) is 0 Å². The van der Waals surface area contributed by atoms with E-state index in [1.807, 2.05) is 0 Å². The largest absolute Gasteiger partial charge is 0.383 e. The van der Waals surface area contributed by atoms with E-state index in [-0.39, 0.29) is 0 Å². The average molecular weight is 217 g/mol. The topological polar surface area (TPSA) is 30.5 Å². The normalized spacial score (nSPS) is 12.0. The van der Waals surface area contributed by atoms with Crippen molar-refractivity contribution >= 4 is 0 Å². The minimum absolute atomic E-state index is 0.386. The molecule has 0 saturated heterocycles. The molecule has 0 aliphatic rings. The van der Waals surface area contributed by atoms with Gasteiger partial charge in [0.2, 0.25) is 0 Å². The standard InChI is InChI=1S/C12H27NO2/c1-12(2,3)6-10-15-9-5-7-13-8-11-14-4/h13H,5-11H2,1-4H3. The van der Waals surface area contributed by atoms with E-state index in [2.05, 4.69) is 26.1 Å². The molecule has 0 aliphatic heterocycles. The van der Waals surface area contributed by atoms with Crippen LogP contribution in [0.2, 0.25) is 0 Å². The number of methoxy groups -OCH3 is 1. The molecule has 3 nitrogen and oxygen atoms in total. The molecule has 0 aromatic rings. The van der Waals surface area contributed by atoms with Crippen LogP contribution in [0.1, 0.15) is 33.6 Å². The van der Waals surface area contributed by atoms with E-state index in [1.165, 1.54) is 0 Å². The Balaban J connectivity index is 2.99. The summed E-state index contributed by atoms with van der Waals surface area (Å²) in [6.45, 7) is 11.2. The van der Waals surface area contributed by atoms with E-state index in [1.54, 1.807) is 7.11 Å². The van der Waals surface area contributed by atoms with Gasteiger partial charge in [-0.05, 0) is 24.8 Å². The molecule has 0 heterocycles. The second-order valence-electron chi connectivity index (χ2n) is 5.02. The van der Waals surface area contributed by atoms with Crippen LogP contribution in [0.25, 0.3) is 0 Å². The highest BCUT2D eigenvalue weighted by atomic mass is 16.5. The van der Waals surface area contributed by atoms with Gasteiger partial charge in [0.05, 0.1) is 6.61 Å². The van der Waals surface area contributed by atoms with Gasteiger partial charge in [-0.3, -0.25) is 0 Å². The summed E-state index contributed by atoms with van der Waals surface area (Å²) in [6.07, 6.45) is 2.21. The monoisotopic (exact) mass is 217 g/mol. The maximum absolute atomic E-state index is 5.54. The summed E-state index contributed by atoms with van der Waals surface area (Å²) >= 11 is 0. The lowest BCUT2D eigenvalue weighted by Gasteiger charge is -2.17. The minimum Gasteiger partial charge on any atom is -0.383 e. The van der Waals surface area contributed by atoms with Gasteiger partial charge in [-0.2, -0.15) is 0 Å². The third kappa shape index (κ3) is 13.9. The Morgan fingerprint density at radius 2 is 1.73 bits per heavy atom. The second-order valence-corrected chi connectivity index (χ2v) is 5.02. The molecule has 0 fully saturated rings. The van der Waals surface area contributed by atoms with Crippen LogP contribution in [0, 0.1) is 5.41 Å². The Hall–Kier alpha value is -0.120. The van der Waals surface area contributed by atoms with Crippen molar-refractivity contribution in [2.75, 3.05) is 40.0 Å². The molecule has 0 unspecified atom stereocenters. The van der Waals surface area contributed by atoms with Gasteiger partial charge in [-0.15, -0.1) is 0 Å². The van der Waals surface area contributed by atoms with Gasteiger partial charge in [0, 0.05) is 26.9 Å². The highest BCUT2D eigenvalue weighted by Crippen LogP contribution is 2.17. The molecule has 0 spiro atoms. The van der Waals surface area contributed by atoms with E-state index in [0.29, 0.717) is 5.41 Å². The van der Waals surface area contributed by atoms with Crippen LogP contribution in [-0.4, -0.2) is 40.0 Å². The molecule has 0 aromatic carbocycles. The van der Waals surface area contributed by atoms with Crippen molar-refractivity contribution in [3.8, 4) is 0 Å². The third-order valence-electron chi connectivity index (χ3n) is 2.12. The van der Waals surface area contributed by atoms with Gasteiger partial charge in [-0.25, -0.2) is 0 Å². The first kappa shape index (κ1) is 14.9. The Morgan fingerprint density at radius 3 is 2.33 bits per heavy atom. The van der Waals surface area contributed by atoms with Crippen molar-refractivity contribution < 1.29 is 9.47 Å². The molecule has 0 amide bonds. The lowest BCUT2D eigenvalue weighted by atomic mass is 9.93. The number of hydrogen-bond acceptors (Lipinski definition) is 3. The van der Waals surface area contributed by atoms with Crippen molar-refractivity contribution in [1.82, 2.24) is 5.32 Å². The molecule has 0 aromatic heterocycles. The van der Waals surface area contributed by atoms with E-state index < -0.39 is 0 Å². The highest BCUT2D eigenvalue weighted by Gasteiger charge is 2.08. The fraction of sp³-hybridized carbons (Fsp3) is 1.00. The van der Waals surface area contributed by atoms with Crippen LogP contribution in [0.5, 0.6) is 0 Å². The predicted octanol–water partition coefficient (Wildman–Crippen LogP) is 2.07. The summed E-state index contributed by atoms with van der Waals surface area (Å²) in [4.78, 5) is 0. The van der Waals surface area contributed by atoms with Crippen LogP contribution >= 0.6 is 0 Å². The first-order chi connectivity index (χ1) is 7.06. The molecule has 0 atom stereocenters. The molecule has 0 radical (unpaired) electrons. The summed E-state index contributed by atoms with van der Waals surface area (Å²) < 4.78 is 10.5. The second kappa shape index (κ2) is 9.13. The van der Waals surface area contributed by atoms with Crippen molar-refractivity contribution in [3.63, 3.8) is 0 Å². The first-order valence-electron chi connectivity index (χ1n) is 5.83. The van der Waals surface area contributed by atoms with Gasteiger partial charge in [0.25, 0.3) is 0 Å². The molecule has 92 valence electrons. The quantitative estimate of drug-likeness (QED) is 0.600. The van der Waals surface area contributed by atoms with E-state index in [9.17, 15) is 0 Å². The minimum atomic E-state index is 0.386. The number of hydrogen-bond donors (Lipinski definition) is 1. The molecule has 0 saturated carbocycles. The van der Waals surface area contributed by atoms with Crippen LogP contribution < -0.4 is 5.32 Å². The van der Waals surface area contributed by atoms with Gasteiger partial charge < -0.3 is 14.8 Å². The smallest absolute Gasteiger partial charge is 0.0587 e. The zero-order chi connectivity index (χ0) is 11.6. The van der Waals surface area contributed by atoms with Gasteiger partial charge >= 0.3 is 0 Å². The Morgan fingerprint density at radius 1 is 1.00 bits per heavy atom. The van der Waals surface area contributed by atoms with Gasteiger partial charge in [0.1, 0.15) is 0 Å². The number of nitrogens with one attached hydrogen (secondary N) is 1.